The van der Waals surface area contributed by atoms with E-state index >= 15 is 0 Å². The van der Waals surface area contributed by atoms with Crippen LogP contribution in [0.5, 0.6) is 0 Å². The molecule has 1 amide bonds. The van der Waals surface area contributed by atoms with Crippen LogP contribution in [-0.2, 0) is 12.8 Å². The summed E-state index contributed by atoms with van der Waals surface area (Å²) in [5.74, 6) is -0.524. The molecular formula is C14H16N4OS. The molecule has 0 saturated carbocycles. The van der Waals surface area contributed by atoms with Crippen LogP contribution in [0.3, 0.4) is 0 Å². The number of nitrogens with one attached hydrogen (secondary N) is 1. The lowest BCUT2D eigenvalue weighted by Gasteiger charge is -2.09. The average Bonchev–Trinajstić information content (AvgIpc) is 2.83. The molecule has 6 heteroatoms. The summed E-state index contributed by atoms with van der Waals surface area (Å²) in [5.41, 5.74) is 13.8. The number of carbonyl (C=O) groups excluding carboxylic acids is 1. The number of anilines is 3. The number of hydrogen-bond acceptors (Lipinski definition) is 5. The Balaban J connectivity index is 1.89. The Bertz CT molecular complexity index is 642. The first-order chi connectivity index (χ1) is 9.65. The summed E-state index contributed by atoms with van der Waals surface area (Å²) in [4.78, 5) is 17.2. The summed E-state index contributed by atoms with van der Waals surface area (Å²) in [6.07, 6.45) is 4.58. The zero-order valence-corrected chi connectivity index (χ0v) is 11.8. The maximum atomic E-state index is 11.3. The fourth-order valence-electron chi connectivity index (χ4n) is 2.41. The molecule has 2 aromatic rings. The van der Waals surface area contributed by atoms with Gasteiger partial charge in [-0.15, -0.1) is 11.3 Å². The lowest BCUT2D eigenvalue weighted by molar-refractivity contribution is 0.100. The first-order valence-electron chi connectivity index (χ1n) is 6.59. The van der Waals surface area contributed by atoms with Gasteiger partial charge in [0.2, 0.25) is 0 Å². The number of nitrogens with two attached hydrogens (primary N) is 2. The molecule has 3 rings (SSSR count). The molecule has 0 aliphatic heterocycles. The number of hydrogen-bond donors (Lipinski definition) is 3. The molecule has 20 heavy (non-hydrogen) atoms. The van der Waals surface area contributed by atoms with Gasteiger partial charge in [0.25, 0.3) is 5.91 Å². The number of amides is 1. The van der Waals surface area contributed by atoms with E-state index in [0.29, 0.717) is 16.9 Å². The quantitative estimate of drug-likeness (QED) is 0.756. The maximum absolute atomic E-state index is 11.3. The van der Waals surface area contributed by atoms with Crippen LogP contribution in [0.4, 0.5) is 16.5 Å². The third-order valence-corrected chi connectivity index (χ3v) is 4.53. The summed E-state index contributed by atoms with van der Waals surface area (Å²) in [5, 5.41) is 4.02. The number of nitrogen functional groups attached to an aromatic ring is 1. The number of thiazole rings is 1. The van der Waals surface area contributed by atoms with Gasteiger partial charge in [-0.25, -0.2) is 4.98 Å². The molecule has 1 aliphatic rings. The van der Waals surface area contributed by atoms with Gasteiger partial charge in [-0.05, 0) is 37.8 Å². The summed E-state index contributed by atoms with van der Waals surface area (Å²) in [6.45, 7) is 0. The first kappa shape index (κ1) is 12.9. The minimum absolute atomic E-state index is 0.330. The Morgan fingerprint density at radius 1 is 1.30 bits per heavy atom. The van der Waals surface area contributed by atoms with Crippen LogP contribution >= 0.6 is 11.3 Å². The van der Waals surface area contributed by atoms with Crippen LogP contribution in [-0.4, -0.2) is 10.9 Å². The van der Waals surface area contributed by atoms with Gasteiger partial charge in [0, 0.05) is 4.88 Å². The Hall–Kier alpha value is -2.08. The Kier molecular flexibility index (Phi) is 3.31. The van der Waals surface area contributed by atoms with Gasteiger partial charge in [0.15, 0.2) is 5.13 Å². The van der Waals surface area contributed by atoms with Crippen LogP contribution < -0.4 is 16.8 Å². The zero-order valence-electron chi connectivity index (χ0n) is 11.0. The molecule has 5 N–H and O–H groups in total. The number of fused-ring (bicyclic) bond motifs is 1. The first-order valence-corrected chi connectivity index (χ1v) is 7.40. The predicted molar refractivity (Wildman–Crippen MR) is 81.4 cm³/mol. The summed E-state index contributed by atoms with van der Waals surface area (Å²) >= 11 is 1.66. The van der Waals surface area contributed by atoms with Crippen molar-refractivity contribution >= 4 is 33.8 Å². The van der Waals surface area contributed by atoms with Crippen molar-refractivity contribution in [2.75, 3.05) is 11.1 Å². The Labute approximate surface area is 121 Å². The highest BCUT2D eigenvalue weighted by molar-refractivity contribution is 7.15. The highest BCUT2D eigenvalue weighted by Gasteiger charge is 2.16. The average molecular weight is 288 g/mol. The standard InChI is InChI=1S/C14H16N4OS/c15-12-8(13(16)19)4-3-6-10(12)18-14-17-9-5-1-2-7-11(9)20-14/h3-4,6H,1-2,5,7,15H2,(H2,16,19)(H,17,18). The fourth-order valence-corrected chi connectivity index (χ4v) is 3.47. The molecule has 0 unspecified atom stereocenters. The van der Waals surface area contributed by atoms with Crippen molar-refractivity contribution in [3.8, 4) is 0 Å². The Morgan fingerprint density at radius 2 is 2.10 bits per heavy atom. The highest BCUT2D eigenvalue weighted by atomic mass is 32.1. The van der Waals surface area contributed by atoms with Crippen LogP contribution in [0, 0.1) is 0 Å². The second-order valence-electron chi connectivity index (χ2n) is 4.85. The van der Waals surface area contributed by atoms with E-state index in [2.05, 4.69) is 10.3 Å². The van der Waals surface area contributed by atoms with Crippen LogP contribution in [0.25, 0.3) is 0 Å². The summed E-state index contributed by atoms with van der Waals surface area (Å²) in [6, 6.07) is 5.20. The molecule has 1 aromatic heterocycles. The van der Waals surface area contributed by atoms with Crippen molar-refractivity contribution in [3.63, 3.8) is 0 Å². The number of aryl methyl sites for hydroxylation is 2. The van der Waals surface area contributed by atoms with Crippen molar-refractivity contribution in [2.24, 2.45) is 5.73 Å². The molecule has 104 valence electrons. The van der Waals surface area contributed by atoms with Crippen LogP contribution in [0.15, 0.2) is 18.2 Å². The van der Waals surface area contributed by atoms with Crippen molar-refractivity contribution < 1.29 is 4.79 Å². The summed E-state index contributed by atoms with van der Waals surface area (Å²) in [7, 11) is 0. The summed E-state index contributed by atoms with van der Waals surface area (Å²) < 4.78 is 0. The van der Waals surface area contributed by atoms with Gasteiger partial charge in [0.1, 0.15) is 0 Å². The van der Waals surface area contributed by atoms with E-state index in [1.165, 1.54) is 23.4 Å². The number of nitrogens with zero attached hydrogens (tertiary/aromatic N) is 1. The predicted octanol–water partition coefficient (Wildman–Crippen LogP) is 2.45. The molecule has 0 bridgehead atoms. The van der Waals surface area contributed by atoms with E-state index in [9.17, 15) is 4.79 Å². The molecule has 0 spiro atoms. The van der Waals surface area contributed by atoms with Gasteiger partial charge >= 0.3 is 0 Å². The minimum Gasteiger partial charge on any atom is -0.396 e. The number of benzene rings is 1. The van der Waals surface area contributed by atoms with E-state index in [-0.39, 0.29) is 0 Å². The van der Waals surface area contributed by atoms with E-state index < -0.39 is 5.91 Å². The lowest BCUT2D eigenvalue weighted by Crippen LogP contribution is -2.14. The molecule has 5 nitrogen and oxygen atoms in total. The fraction of sp³-hybridized carbons (Fsp3) is 0.286. The van der Waals surface area contributed by atoms with Crippen molar-refractivity contribution in [1.82, 2.24) is 4.98 Å². The second-order valence-corrected chi connectivity index (χ2v) is 5.94. The van der Waals surface area contributed by atoms with Crippen molar-refractivity contribution in [1.29, 1.82) is 0 Å². The topological polar surface area (TPSA) is 94.0 Å². The third-order valence-electron chi connectivity index (χ3n) is 3.46. The smallest absolute Gasteiger partial charge is 0.250 e. The van der Waals surface area contributed by atoms with Gasteiger partial charge < -0.3 is 16.8 Å². The largest absolute Gasteiger partial charge is 0.396 e. The lowest BCUT2D eigenvalue weighted by atomic mass is 10.0. The van der Waals surface area contributed by atoms with Crippen molar-refractivity contribution in [3.05, 3.63) is 34.3 Å². The normalized spacial score (nSPS) is 13.8. The monoisotopic (exact) mass is 288 g/mol. The molecule has 1 heterocycles. The molecule has 1 aromatic carbocycles. The van der Waals surface area contributed by atoms with Gasteiger partial charge in [-0.2, -0.15) is 0 Å². The Morgan fingerprint density at radius 3 is 2.85 bits per heavy atom. The van der Waals surface area contributed by atoms with E-state index in [1.807, 2.05) is 6.07 Å². The molecular weight excluding hydrogens is 272 g/mol. The van der Waals surface area contributed by atoms with E-state index in [1.54, 1.807) is 23.5 Å². The number of para-hydroxylation sites is 1. The van der Waals surface area contributed by atoms with Gasteiger partial charge in [-0.1, -0.05) is 6.07 Å². The third kappa shape index (κ3) is 2.34. The minimum atomic E-state index is -0.524. The molecule has 0 atom stereocenters. The van der Waals surface area contributed by atoms with Crippen LogP contribution in [0.1, 0.15) is 33.8 Å². The molecule has 1 aliphatic carbocycles. The number of rotatable bonds is 3. The molecule has 0 fully saturated rings. The van der Waals surface area contributed by atoms with Crippen molar-refractivity contribution in [2.45, 2.75) is 25.7 Å². The van der Waals surface area contributed by atoms with Gasteiger partial charge in [-0.3, -0.25) is 4.79 Å². The van der Waals surface area contributed by atoms with Crippen LogP contribution in [0.2, 0.25) is 0 Å². The highest BCUT2D eigenvalue weighted by Crippen LogP contribution is 2.33. The second kappa shape index (κ2) is 5.13. The van der Waals surface area contributed by atoms with Gasteiger partial charge in [0.05, 0.1) is 22.6 Å². The molecule has 0 radical (unpaired) electrons. The van der Waals surface area contributed by atoms with E-state index in [4.69, 9.17) is 11.5 Å². The zero-order chi connectivity index (χ0) is 14.1. The number of aromatic nitrogens is 1. The number of primary amides is 1. The SMILES string of the molecule is NC(=O)c1cccc(Nc2nc3c(s2)CCCC3)c1N. The maximum Gasteiger partial charge on any atom is 0.250 e. The molecule has 0 saturated heterocycles. The van der Waals surface area contributed by atoms with E-state index in [0.717, 1.165) is 18.0 Å². The number of carbonyl (C=O) groups is 1.